The summed E-state index contributed by atoms with van der Waals surface area (Å²) in [6, 6.07) is 14.3. The number of fused-ring (bicyclic) bond motifs is 1. The molecule has 0 N–H and O–H groups in total. The van der Waals surface area contributed by atoms with Gasteiger partial charge in [0.1, 0.15) is 0 Å². The van der Waals surface area contributed by atoms with Gasteiger partial charge in [-0.15, -0.1) is 0 Å². The molecule has 0 radical (unpaired) electrons. The van der Waals surface area contributed by atoms with Crippen LogP contribution < -0.4 is 5.56 Å². The zero-order valence-corrected chi connectivity index (χ0v) is 19.9. The van der Waals surface area contributed by atoms with Crippen molar-refractivity contribution in [1.29, 1.82) is 0 Å². The Morgan fingerprint density at radius 2 is 1.94 bits per heavy atom. The van der Waals surface area contributed by atoms with Gasteiger partial charge in [-0.3, -0.25) is 9.36 Å². The third kappa shape index (κ3) is 5.02. The van der Waals surface area contributed by atoms with Crippen LogP contribution in [0, 0.1) is 0 Å². The fourth-order valence-corrected chi connectivity index (χ4v) is 4.38. The lowest BCUT2D eigenvalue weighted by atomic mass is 10.1. The number of hydrogen-bond acceptors (Lipinski definition) is 9. The van der Waals surface area contributed by atoms with Gasteiger partial charge in [0.05, 0.1) is 28.8 Å². The van der Waals surface area contributed by atoms with Crippen molar-refractivity contribution < 1.29 is 18.8 Å². The Hall–Kier alpha value is -3.50. The summed E-state index contributed by atoms with van der Waals surface area (Å²) in [5.41, 5.74) is 1.40. The molecule has 176 valence electrons. The minimum Gasteiger partial charge on any atom is -0.465 e. The van der Waals surface area contributed by atoms with Crippen molar-refractivity contribution in [2.75, 3.05) is 20.8 Å². The van der Waals surface area contributed by atoms with E-state index in [0.717, 1.165) is 5.56 Å². The number of thioether (sulfide) groups is 1. The fourth-order valence-electron chi connectivity index (χ4n) is 3.41. The lowest BCUT2D eigenvalue weighted by Gasteiger charge is -2.15. The smallest absolute Gasteiger partial charge is 0.337 e. The molecule has 0 saturated heterocycles. The van der Waals surface area contributed by atoms with Crippen LogP contribution >= 0.6 is 11.8 Å². The summed E-state index contributed by atoms with van der Waals surface area (Å²) in [4.78, 5) is 34.5. The molecule has 0 aliphatic carbocycles. The molecule has 0 bridgehead atoms. The van der Waals surface area contributed by atoms with Gasteiger partial charge < -0.3 is 14.0 Å². The molecule has 9 nitrogen and oxygen atoms in total. The first-order chi connectivity index (χ1) is 16.5. The predicted octanol–water partition coefficient (Wildman–Crippen LogP) is 4.12. The molecule has 10 heteroatoms. The number of carbonyl (C=O) groups excluding carboxylic acids is 1. The first kappa shape index (κ1) is 23.7. The maximum Gasteiger partial charge on any atom is 0.337 e. The number of carbonyl (C=O) groups is 1. The normalized spacial score (nSPS) is 12.1. The largest absolute Gasteiger partial charge is 0.465 e. The van der Waals surface area contributed by atoms with Gasteiger partial charge in [-0.05, 0) is 31.5 Å². The summed E-state index contributed by atoms with van der Waals surface area (Å²) < 4.78 is 17.1. The lowest BCUT2D eigenvalue weighted by molar-refractivity contribution is 0.0601. The standard InChI is InChI=1S/C24H24N4O5S/c1-15(21-26-20(27-33-21)16-8-5-4-6-9-16)34-24-25-19-14-17(23(30)32-3)10-11-18(19)22(29)28(24)12-7-13-31-2/h4-6,8-11,14-15H,7,12-13H2,1-3H3. The monoisotopic (exact) mass is 480 g/mol. The Balaban J connectivity index is 1.70. The van der Waals surface area contributed by atoms with E-state index in [2.05, 4.69) is 10.1 Å². The summed E-state index contributed by atoms with van der Waals surface area (Å²) in [6.07, 6.45) is 0.643. The second kappa shape index (κ2) is 10.6. The number of esters is 1. The third-order valence-electron chi connectivity index (χ3n) is 5.18. The number of aromatic nitrogens is 4. The van der Waals surface area contributed by atoms with Crippen LogP contribution in [-0.4, -0.2) is 46.5 Å². The molecule has 0 aliphatic heterocycles. The SMILES string of the molecule is COCCCn1c(SC(C)c2nc(-c3ccccc3)no2)nc2cc(C(=O)OC)ccc2c1=O. The average Bonchev–Trinajstić information content (AvgIpc) is 3.36. The quantitative estimate of drug-likeness (QED) is 0.151. The highest BCUT2D eigenvalue weighted by atomic mass is 32.2. The van der Waals surface area contributed by atoms with E-state index in [1.165, 1.54) is 18.9 Å². The van der Waals surface area contributed by atoms with E-state index >= 15 is 0 Å². The highest BCUT2D eigenvalue weighted by molar-refractivity contribution is 7.99. The summed E-state index contributed by atoms with van der Waals surface area (Å²) in [6.45, 7) is 2.85. The van der Waals surface area contributed by atoms with Gasteiger partial charge in [0.15, 0.2) is 5.16 Å². The van der Waals surface area contributed by atoms with Crippen molar-refractivity contribution in [3.8, 4) is 11.4 Å². The van der Waals surface area contributed by atoms with Crippen LogP contribution in [0.1, 0.15) is 34.8 Å². The maximum absolute atomic E-state index is 13.3. The van der Waals surface area contributed by atoms with Gasteiger partial charge in [-0.1, -0.05) is 47.3 Å². The van der Waals surface area contributed by atoms with Gasteiger partial charge in [-0.2, -0.15) is 4.98 Å². The first-order valence-electron chi connectivity index (χ1n) is 10.7. The molecular formula is C24H24N4O5S. The van der Waals surface area contributed by atoms with Crippen LogP contribution in [0.5, 0.6) is 0 Å². The predicted molar refractivity (Wildman–Crippen MR) is 128 cm³/mol. The number of rotatable bonds is 9. The molecule has 0 saturated carbocycles. The first-order valence-corrected chi connectivity index (χ1v) is 11.6. The van der Waals surface area contributed by atoms with Crippen LogP contribution in [0.4, 0.5) is 0 Å². The summed E-state index contributed by atoms with van der Waals surface area (Å²) in [5.74, 6) is 0.425. The average molecular weight is 481 g/mol. The molecule has 34 heavy (non-hydrogen) atoms. The van der Waals surface area contributed by atoms with Gasteiger partial charge >= 0.3 is 5.97 Å². The Labute approximate surface area is 200 Å². The Kier molecular flexibility index (Phi) is 7.39. The summed E-state index contributed by atoms with van der Waals surface area (Å²) in [5, 5.41) is 4.72. The second-order valence-electron chi connectivity index (χ2n) is 7.50. The van der Waals surface area contributed by atoms with Crippen LogP contribution in [0.2, 0.25) is 0 Å². The van der Waals surface area contributed by atoms with E-state index in [4.69, 9.17) is 19.0 Å². The molecule has 0 aliphatic rings. The van der Waals surface area contributed by atoms with E-state index in [1.807, 2.05) is 37.3 Å². The molecule has 2 heterocycles. The molecule has 0 fully saturated rings. The van der Waals surface area contributed by atoms with Gasteiger partial charge in [0, 0.05) is 25.8 Å². The van der Waals surface area contributed by atoms with E-state index in [1.54, 1.807) is 29.9 Å². The highest BCUT2D eigenvalue weighted by Crippen LogP contribution is 2.34. The molecule has 1 unspecified atom stereocenters. The van der Waals surface area contributed by atoms with Crippen LogP contribution in [0.3, 0.4) is 0 Å². The third-order valence-corrected chi connectivity index (χ3v) is 6.25. The number of ether oxygens (including phenoxy) is 2. The van der Waals surface area contributed by atoms with Crippen molar-refractivity contribution >= 4 is 28.6 Å². The van der Waals surface area contributed by atoms with Gasteiger partial charge in [0.2, 0.25) is 11.7 Å². The lowest BCUT2D eigenvalue weighted by Crippen LogP contribution is -2.24. The van der Waals surface area contributed by atoms with Gasteiger partial charge in [0.25, 0.3) is 5.56 Å². The van der Waals surface area contributed by atoms with Crippen LogP contribution in [0.25, 0.3) is 22.3 Å². The molecule has 0 spiro atoms. The van der Waals surface area contributed by atoms with E-state index < -0.39 is 5.97 Å². The highest BCUT2D eigenvalue weighted by Gasteiger charge is 2.21. The molecule has 4 aromatic rings. The maximum atomic E-state index is 13.3. The molecule has 2 aromatic carbocycles. The van der Waals surface area contributed by atoms with E-state index in [0.29, 0.717) is 52.9 Å². The fraction of sp³-hybridized carbons (Fsp3) is 0.292. The summed E-state index contributed by atoms with van der Waals surface area (Å²) >= 11 is 1.34. The number of nitrogens with zero attached hydrogens (tertiary/aromatic N) is 4. The van der Waals surface area contributed by atoms with Crippen LogP contribution in [0.15, 0.2) is 63.0 Å². The molecule has 4 rings (SSSR count). The second-order valence-corrected chi connectivity index (χ2v) is 8.81. The van der Waals surface area contributed by atoms with Gasteiger partial charge in [-0.25, -0.2) is 9.78 Å². The zero-order chi connectivity index (χ0) is 24.1. The minimum absolute atomic E-state index is 0.192. The van der Waals surface area contributed by atoms with Crippen molar-refractivity contribution in [3.63, 3.8) is 0 Å². The van der Waals surface area contributed by atoms with Crippen molar-refractivity contribution in [3.05, 3.63) is 70.3 Å². The minimum atomic E-state index is -0.491. The number of methoxy groups -OCH3 is 2. The Morgan fingerprint density at radius 1 is 1.15 bits per heavy atom. The molecule has 1 atom stereocenters. The molecule has 0 amide bonds. The molecular weight excluding hydrogens is 456 g/mol. The number of benzene rings is 2. The van der Waals surface area contributed by atoms with E-state index in [-0.39, 0.29) is 10.8 Å². The topological polar surface area (TPSA) is 109 Å². The van der Waals surface area contributed by atoms with E-state index in [9.17, 15) is 9.59 Å². The zero-order valence-electron chi connectivity index (χ0n) is 19.1. The van der Waals surface area contributed by atoms with Crippen molar-refractivity contribution in [2.24, 2.45) is 0 Å². The Bertz CT molecular complexity index is 1350. The molecule has 2 aromatic heterocycles. The number of hydrogen-bond donors (Lipinski definition) is 0. The van der Waals surface area contributed by atoms with Crippen molar-refractivity contribution in [2.45, 2.75) is 30.3 Å². The van der Waals surface area contributed by atoms with Crippen LogP contribution in [-0.2, 0) is 16.0 Å². The summed E-state index contributed by atoms with van der Waals surface area (Å²) in [7, 11) is 2.93. The Morgan fingerprint density at radius 3 is 2.68 bits per heavy atom. The van der Waals surface area contributed by atoms with Crippen molar-refractivity contribution in [1.82, 2.24) is 19.7 Å².